The Morgan fingerprint density at radius 2 is 2.00 bits per heavy atom. The van der Waals surface area contributed by atoms with Gasteiger partial charge in [-0.3, -0.25) is 4.79 Å². The van der Waals surface area contributed by atoms with E-state index in [1.54, 1.807) is 6.92 Å². The van der Waals surface area contributed by atoms with E-state index >= 15 is 0 Å². The van der Waals surface area contributed by atoms with Crippen molar-refractivity contribution in [2.45, 2.75) is 38.0 Å². The minimum Gasteiger partial charge on any atom is -0.463 e. The van der Waals surface area contributed by atoms with Crippen LogP contribution in [0.4, 0.5) is 0 Å². The summed E-state index contributed by atoms with van der Waals surface area (Å²) in [5.41, 5.74) is 0.846. The second kappa shape index (κ2) is 7.03. The van der Waals surface area contributed by atoms with E-state index in [2.05, 4.69) is 22.0 Å². The van der Waals surface area contributed by atoms with Gasteiger partial charge in [0.2, 0.25) is 0 Å². The third-order valence-corrected chi connectivity index (χ3v) is 4.63. The maximum absolute atomic E-state index is 11.6. The molecule has 0 saturated heterocycles. The Bertz CT molecular complexity index is 553. The van der Waals surface area contributed by atoms with Crippen LogP contribution < -0.4 is 0 Å². The number of esters is 1. The summed E-state index contributed by atoms with van der Waals surface area (Å²) in [5, 5.41) is 0. The van der Waals surface area contributed by atoms with E-state index in [1.807, 2.05) is 24.3 Å². The standard InChI is InChI=1S/C17H19BrO3/c1-2-21-16(20)9-12-17(10-7-13(19)8-11-17)14-5-3-4-6-15(14)18/h3-6,9,12H,2,7-8,10-11H2,1H3. The molecule has 1 aliphatic carbocycles. The van der Waals surface area contributed by atoms with Gasteiger partial charge in [-0.05, 0) is 31.4 Å². The van der Waals surface area contributed by atoms with Gasteiger partial charge in [-0.2, -0.15) is 0 Å². The Kier molecular flexibility index (Phi) is 5.34. The molecule has 0 aromatic heterocycles. The third-order valence-electron chi connectivity index (χ3n) is 3.94. The minimum absolute atomic E-state index is 0.277. The number of carbonyl (C=O) groups excluding carboxylic acids is 2. The van der Waals surface area contributed by atoms with E-state index < -0.39 is 0 Å². The fraction of sp³-hybridized carbons (Fsp3) is 0.412. The molecule has 1 aromatic rings. The molecular weight excluding hydrogens is 332 g/mol. The molecule has 0 radical (unpaired) electrons. The van der Waals surface area contributed by atoms with Gasteiger partial charge in [0.25, 0.3) is 0 Å². The van der Waals surface area contributed by atoms with Crippen LogP contribution in [0.5, 0.6) is 0 Å². The predicted molar refractivity (Wildman–Crippen MR) is 85.1 cm³/mol. The lowest BCUT2D eigenvalue weighted by atomic mass is 9.69. The second-order valence-electron chi connectivity index (χ2n) is 5.26. The first-order valence-electron chi connectivity index (χ1n) is 7.20. The molecule has 1 aliphatic rings. The van der Waals surface area contributed by atoms with Crippen molar-refractivity contribution in [3.63, 3.8) is 0 Å². The molecule has 3 nitrogen and oxygen atoms in total. The van der Waals surface area contributed by atoms with Crippen LogP contribution in [0.3, 0.4) is 0 Å². The fourth-order valence-electron chi connectivity index (χ4n) is 2.78. The Labute approximate surface area is 133 Å². The molecule has 0 bridgehead atoms. The van der Waals surface area contributed by atoms with Crippen molar-refractivity contribution in [1.29, 1.82) is 0 Å². The molecule has 0 aliphatic heterocycles. The van der Waals surface area contributed by atoms with Crippen LogP contribution in [0.25, 0.3) is 0 Å². The summed E-state index contributed by atoms with van der Waals surface area (Å²) in [5.74, 6) is -0.0389. The van der Waals surface area contributed by atoms with Gasteiger partial charge < -0.3 is 4.74 Å². The van der Waals surface area contributed by atoms with Crippen molar-refractivity contribution in [3.05, 3.63) is 46.5 Å². The third kappa shape index (κ3) is 3.82. The summed E-state index contributed by atoms with van der Waals surface area (Å²) in [4.78, 5) is 23.2. The van der Waals surface area contributed by atoms with E-state index in [-0.39, 0.29) is 11.4 Å². The van der Waals surface area contributed by atoms with Gasteiger partial charge in [-0.25, -0.2) is 4.79 Å². The Morgan fingerprint density at radius 1 is 1.33 bits per heavy atom. The quantitative estimate of drug-likeness (QED) is 0.609. The van der Waals surface area contributed by atoms with E-state index in [0.717, 1.165) is 22.9 Å². The van der Waals surface area contributed by atoms with E-state index in [9.17, 15) is 9.59 Å². The molecule has 0 spiro atoms. The fourth-order valence-corrected chi connectivity index (χ4v) is 3.46. The van der Waals surface area contributed by atoms with Crippen molar-refractivity contribution in [1.82, 2.24) is 0 Å². The molecule has 1 saturated carbocycles. The molecule has 21 heavy (non-hydrogen) atoms. The molecule has 0 amide bonds. The number of carbonyl (C=O) groups is 2. The molecule has 1 aromatic carbocycles. The van der Waals surface area contributed by atoms with Crippen molar-refractivity contribution in [2.24, 2.45) is 0 Å². The average Bonchev–Trinajstić information content (AvgIpc) is 2.48. The Balaban J connectivity index is 2.34. The summed E-state index contributed by atoms with van der Waals surface area (Å²) in [7, 11) is 0. The normalized spacial score (nSPS) is 17.9. The predicted octanol–water partition coefficient (Wildman–Crippen LogP) is 3.95. The van der Waals surface area contributed by atoms with Crippen LogP contribution in [-0.2, 0) is 19.7 Å². The van der Waals surface area contributed by atoms with Gasteiger partial charge >= 0.3 is 5.97 Å². The molecule has 1 fully saturated rings. The highest BCUT2D eigenvalue weighted by Gasteiger charge is 2.35. The van der Waals surface area contributed by atoms with Gasteiger partial charge in [-0.1, -0.05) is 40.2 Å². The highest BCUT2D eigenvalue weighted by atomic mass is 79.9. The van der Waals surface area contributed by atoms with E-state index in [4.69, 9.17) is 4.74 Å². The first-order valence-corrected chi connectivity index (χ1v) is 7.99. The average molecular weight is 351 g/mol. The van der Waals surface area contributed by atoms with Crippen molar-refractivity contribution >= 4 is 27.7 Å². The smallest absolute Gasteiger partial charge is 0.330 e. The number of hydrogen-bond donors (Lipinski definition) is 0. The maximum atomic E-state index is 11.6. The molecule has 0 unspecified atom stereocenters. The van der Waals surface area contributed by atoms with Crippen molar-refractivity contribution in [3.8, 4) is 0 Å². The van der Waals surface area contributed by atoms with Gasteiger partial charge in [-0.15, -0.1) is 0 Å². The summed E-state index contributed by atoms with van der Waals surface area (Å²) in [6, 6.07) is 7.99. The van der Waals surface area contributed by atoms with Gasteiger partial charge in [0.15, 0.2) is 0 Å². The number of allylic oxidation sites excluding steroid dienone is 1. The SMILES string of the molecule is CCOC(=O)C=CC1(c2ccccc2Br)CCC(=O)CC1. The topological polar surface area (TPSA) is 43.4 Å². The molecule has 4 heteroatoms. The van der Waals surface area contributed by atoms with Crippen LogP contribution in [0.2, 0.25) is 0 Å². The molecule has 0 N–H and O–H groups in total. The van der Waals surface area contributed by atoms with Crippen molar-refractivity contribution in [2.75, 3.05) is 6.61 Å². The second-order valence-corrected chi connectivity index (χ2v) is 6.11. The molecule has 0 atom stereocenters. The van der Waals surface area contributed by atoms with E-state index in [0.29, 0.717) is 25.2 Å². The highest BCUT2D eigenvalue weighted by molar-refractivity contribution is 9.10. The zero-order chi connectivity index (χ0) is 15.3. The summed E-state index contributed by atoms with van der Waals surface area (Å²) < 4.78 is 5.97. The lowest BCUT2D eigenvalue weighted by Gasteiger charge is -2.35. The van der Waals surface area contributed by atoms with Crippen LogP contribution in [0.15, 0.2) is 40.9 Å². The molecule has 2 rings (SSSR count). The number of halogens is 1. The Morgan fingerprint density at radius 3 is 2.62 bits per heavy atom. The highest BCUT2D eigenvalue weighted by Crippen LogP contribution is 2.42. The lowest BCUT2D eigenvalue weighted by Crippen LogP contribution is -2.30. The first-order chi connectivity index (χ1) is 10.1. The number of hydrogen-bond acceptors (Lipinski definition) is 3. The summed E-state index contributed by atoms with van der Waals surface area (Å²) >= 11 is 3.58. The monoisotopic (exact) mass is 350 g/mol. The Hall–Kier alpha value is -1.42. The van der Waals surface area contributed by atoms with Gasteiger partial charge in [0, 0.05) is 28.8 Å². The van der Waals surface area contributed by atoms with Crippen LogP contribution in [0, 0.1) is 0 Å². The molecule has 112 valence electrons. The molecule has 0 heterocycles. The van der Waals surface area contributed by atoms with Crippen molar-refractivity contribution < 1.29 is 14.3 Å². The van der Waals surface area contributed by atoms with Crippen LogP contribution in [-0.4, -0.2) is 18.4 Å². The van der Waals surface area contributed by atoms with E-state index in [1.165, 1.54) is 6.08 Å². The molecular formula is C17H19BrO3. The number of rotatable bonds is 4. The zero-order valence-corrected chi connectivity index (χ0v) is 13.7. The van der Waals surface area contributed by atoms with Crippen LogP contribution >= 0.6 is 15.9 Å². The minimum atomic E-state index is -0.333. The lowest BCUT2D eigenvalue weighted by molar-refractivity contribution is -0.137. The summed E-state index contributed by atoms with van der Waals surface area (Å²) in [6.45, 7) is 2.15. The van der Waals surface area contributed by atoms with Crippen LogP contribution in [0.1, 0.15) is 38.2 Å². The maximum Gasteiger partial charge on any atom is 0.330 e. The number of benzene rings is 1. The van der Waals surface area contributed by atoms with Gasteiger partial charge in [0.1, 0.15) is 5.78 Å². The largest absolute Gasteiger partial charge is 0.463 e. The number of ether oxygens (including phenoxy) is 1. The number of Topliss-reactive ketones (excluding diaryl/α,β-unsaturated/α-hetero) is 1. The first kappa shape index (κ1) is 16.0. The zero-order valence-electron chi connectivity index (χ0n) is 12.1. The number of ketones is 1. The van der Waals surface area contributed by atoms with Gasteiger partial charge in [0.05, 0.1) is 6.61 Å². The summed E-state index contributed by atoms with van der Waals surface area (Å²) in [6.07, 6.45) is 5.97.